The van der Waals surface area contributed by atoms with Gasteiger partial charge < -0.3 is 4.74 Å². The van der Waals surface area contributed by atoms with Crippen LogP contribution in [0.3, 0.4) is 0 Å². The number of hydrazine groups is 1. The number of hydrogen-bond donors (Lipinski definition) is 2. The Labute approximate surface area is 133 Å². The van der Waals surface area contributed by atoms with Gasteiger partial charge in [-0.05, 0) is 24.6 Å². The quantitative estimate of drug-likeness (QED) is 0.496. The molecule has 22 heavy (non-hydrogen) atoms. The van der Waals surface area contributed by atoms with Crippen LogP contribution in [0.25, 0.3) is 10.9 Å². The molecular formula is C11H9Cl2N5O4. The van der Waals surface area contributed by atoms with Crippen molar-refractivity contribution in [2.75, 3.05) is 12.0 Å². The molecule has 2 N–H and O–H groups in total. The molecule has 1 aromatic carbocycles. The number of ether oxygens (including phenoxy) is 1. The number of fused-ring (bicyclic) bond motifs is 1. The van der Waals surface area contributed by atoms with Gasteiger partial charge in [-0.3, -0.25) is 15.5 Å². The molecule has 1 aromatic heterocycles. The van der Waals surface area contributed by atoms with Crippen molar-refractivity contribution in [2.45, 2.75) is 6.92 Å². The Morgan fingerprint density at radius 2 is 2.14 bits per heavy atom. The molecule has 0 fully saturated rings. The zero-order valence-corrected chi connectivity index (χ0v) is 12.6. The smallest absolute Gasteiger partial charge is 0.425 e. The summed E-state index contributed by atoms with van der Waals surface area (Å²) in [5, 5.41) is 11.0. The molecule has 0 aliphatic rings. The average Bonchev–Trinajstić information content (AvgIpc) is 2.44. The summed E-state index contributed by atoms with van der Waals surface area (Å²) in [4.78, 5) is 29.3. The lowest BCUT2D eigenvalue weighted by Crippen LogP contribution is -2.30. The fourth-order valence-electron chi connectivity index (χ4n) is 1.62. The third-order valence-electron chi connectivity index (χ3n) is 2.49. The van der Waals surface area contributed by atoms with Gasteiger partial charge in [0.15, 0.2) is 5.82 Å². The Kier molecular flexibility index (Phi) is 4.78. The molecule has 0 spiro atoms. The monoisotopic (exact) mass is 345 g/mol. The van der Waals surface area contributed by atoms with Crippen LogP contribution in [-0.4, -0.2) is 27.6 Å². The van der Waals surface area contributed by atoms with Crippen LogP contribution in [0.1, 0.15) is 6.92 Å². The molecule has 0 atom stereocenters. The number of anilines is 1. The maximum absolute atomic E-state index is 11.3. The van der Waals surface area contributed by atoms with Gasteiger partial charge in [-0.1, -0.05) is 11.6 Å². The predicted molar refractivity (Wildman–Crippen MR) is 80.0 cm³/mol. The molecule has 0 unspecified atom stereocenters. The van der Waals surface area contributed by atoms with Crippen molar-refractivity contribution in [3.05, 3.63) is 32.6 Å². The van der Waals surface area contributed by atoms with Crippen molar-refractivity contribution in [3.63, 3.8) is 0 Å². The Morgan fingerprint density at radius 1 is 1.41 bits per heavy atom. The highest BCUT2D eigenvalue weighted by Crippen LogP contribution is 2.32. The van der Waals surface area contributed by atoms with Crippen LogP contribution in [0.15, 0.2) is 12.1 Å². The van der Waals surface area contributed by atoms with Gasteiger partial charge in [0.2, 0.25) is 5.28 Å². The van der Waals surface area contributed by atoms with Gasteiger partial charge in [-0.2, -0.15) is 4.98 Å². The van der Waals surface area contributed by atoms with Gasteiger partial charge in [0, 0.05) is 11.5 Å². The second kappa shape index (κ2) is 6.58. The molecule has 2 rings (SSSR count). The van der Waals surface area contributed by atoms with E-state index in [1.165, 1.54) is 12.1 Å². The van der Waals surface area contributed by atoms with Crippen LogP contribution >= 0.6 is 23.2 Å². The molecule has 116 valence electrons. The van der Waals surface area contributed by atoms with Crippen LogP contribution in [0.5, 0.6) is 0 Å². The van der Waals surface area contributed by atoms with Crippen molar-refractivity contribution < 1.29 is 14.5 Å². The van der Waals surface area contributed by atoms with Gasteiger partial charge in [-0.25, -0.2) is 15.2 Å². The van der Waals surface area contributed by atoms with E-state index in [1.54, 1.807) is 6.92 Å². The Hall–Kier alpha value is -2.39. The molecule has 0 bridgehead atoms. The lowest BCUT2D eigenvalue weighted by molar-refractivity contribution is -0.384. The molecule has 1 heterocycles. The topological polar surface area (TPSA) is 119 Å². The average molecular weight is 346 g/mol. The van der Waals surface area contributed by atoms with Gasteiger partial charge in [0.05, 0.1) is 17.0 Å². The molecule has 0 saturated carbocycles. The minimum Gasteiger partial charge on any atom is -0.449 e. The van der Waals surface area contributed by atoms with E-state index in [-0.39, 0.29) is 33.9 Å². The minimum absolute atomic E-state index is 0.0948. The van der Waals surface area contributed by atoms with Crippen LogP contribution in [0.2, 0.25) is 10.3 Å². The van der Waals surface area contributed by atoms with Crippen LogP contribution in [-0.2, 0) is 4.74 Å². The van der Waals surface area contributed by atoms with Crippen LogP contribution < -0.4 is 10.9 Å². The number of halogens is 2. The minimum atomic E-state index is -0.724. The first-order valence-electron chi connectivity index (χ1n) is 5.92. The number of nitro groups is 1. The Bertz CT molecular complexity index is 755. The molecule has 0 saturated heterocycles. The summed E-state index contributed by atoms with van der Waals surface area (Å²) in [5.74, 6) is 0.125. The zero-order valence-electron chi connectivity index (χ0n) is 11.1. The lowest BCUT2D eigenvalue weighted by atomic mass is 10.2. The SMILES string of the molecule is CCOC(=O)NNc1nc(Cl)nc2cc([N+](=O)[O-])c(Cl)cc12. The van der Waals surface area contributed by atoms with Crippen molar-refractivity contribution in [2.24, 2.45) is 0 Å². The van der Waals surface area contributed by atoms with E-state index in [0.717, 1.165) is 0 Å². The standard InChI is InChI=1S/C11H9Cl2N5O4/c1-2-22-11(19)17-16-9-5-3-6(12)8(18(20)21)4-7(5)14-10(13)15-9/h3-4H,2H2,1H3,(H,17,19)(H,14,15,16). The van der Waals surface area contributed by atoms with E-state index < -0.39 is 11.0 Å². The molecule has 0 aliphatic heterocycles. The van der Waals surface area contributed by atoms with E-state index in [1.807, 2.05) is 0 Å². The first kappa shape index (κ1) is 16.0. The summed E-state index contributed by atoms with van der Waals surface area (Å²) >= 11 is 11.6. The number of amides is 1. The fourth-order valence-corrected chi connectivity index (χ4v) is 2.03. The molecule has 0 aliphatic carbocycles. The number of benzene rings is 1. The van der Waals surface area contributed by atoms with E-state index in [2.05, 4.69) is 25.6 Å². The van der Waals surface area contributed by atoms with Gasteiger partial charge >= 0.3 is 6.09 Å². The van der Waals surface area contributed by atoms with E-state index in [4.69, 9.17) is 23.2 Å². The highest BCUT2D eigenvalue weighted by atomic mass is 35.5. The maximum atomic E-state index is 11.3. The largest absolute Gasteiger partial charge is 0.449 e. The first-order chi connectivity index (χ1) is 10.4. The molecule has 1 amide bonds. The zero-order chi connectivity index (χ0) is 16.3. The van der Waals surface area contributed by atoms with Crippen LogP contribution in [0.4, 0.5) is 16.3 Å². The summed E-state index contributed by atoms with van der Waals surface area (Å²) in [6.45, 7) is 1.84. The summed E-state index contributed by atoms with van der Waals surface area (Å²) in [7, 11) is 0. The Balaban J connectivity index is 2.43. The maximum Gasteiger partial charge on any atom is 0.425 e. The summed E-state index contributed by atoms with van der Waals surface area (Å²) in [6, 6.07) is 2.47. The third kappa shape index (κ3) is 3.43. The van der Waals surface area contributed by atoms with E-state index in [0.29, 0.717) is 5.39 Å². The van der Waals surface area contributed by atoms with Crippen molar-refractivity contribution in [1.29, 1.82) is 0 Å². The normalized spacial score (nSPS) is 10.3. The Morgan fingerprint density at radius 3 is 2.77 bits per heavy atom. The number of nitrogens with one attached hydrogen (secondary N) is 2. The molecule has 9 nitrogen and oxygen atoms in total. The number of nitrogens with zero attached hydrogens (tertiary/aromatic N) is 3. The summed E-state index contributed by atoms with van der Waals surface area (Å²) < 4.78 is 4.68. The van der Waals surface area contributed by atoms with E-state index >= 15 is 0 Å². The van der Waals surface area contributed by atoms with Crippen molar-refractivity contribution >= 4 is 51.7 Å². The number of carbonyl (C=O) groups excluding carboxylic acids is 1. The number of hydrogen-bond acceptors (Lipinski definition) is 7. The molecule has 11 heteroatoms. The second-order valence-corrected chi connectivity index (χ2v) is 4.63. The lowest BCUT2D eigenvalue weighted by Gasteiger charge is -2.10. The van der Waals surface area contributed by atoms with Crippen molar-refractivity contribution in [3.8, 4) is 0 Å². The fraction of sp³-hybridized carbons (Fsp3) is 0.182. The number of carbonyl (C=O) groups is 1. The third-order valence-corrected chi connectivity index (χ3v) is 2.96. The van der Waals surface area contributed by atoms with Gasteiger partial charge in [0.25, 0.3) is 5.69 Å². The predicted octanol–water partition coefficient (Wildman–Crippen LogP) is 2.92. The van der Waals surface area contributed by atoms with E-state index in [9.17, 15) is 14.9 Å². The summed E-state index contributed by atoms with van der Waals surface area (Å²) in [5.41, 5.74) is 4.63. The van der Waals surface area contributed by atoms with Gasteiger partial charge in [-0.15, -0.1) is 0 Å². The van der Waals surface area contributed by atoms with Crippen molar-refractivity contribution in [1.82, 2.24) is 15.4 Å². The number of aromatic nitrogens is 2. The second-order valence-electron chi connectivity index (χ2n) is 3.89. The van der Waals surface area contributed by atoms with Gasteiger partial charge in [0.1, 0.15) is 5.02 Å². The first-order valence-corrected chi connectivity index (χ1v) is 6.68. The molecule has 2 aromatic rings. The molecular weight excluding hydrogens is 337 g/mol. The number of rotatable bonds is 4. The summed E-state index contributed by atoms with van der Waals surface area (Å²) in [6.07, 6.45) is -0.724. The van der Waals surface area contributed by atoms with Crippen LogP contribution in [0, 0.1) is 10.1 Å². The highest BCUT2D eigenvalue weighted by molar-refractivity contribution is 6.33. The number of nitro benzene ring substituents is 1. The highest BCUT2D eigenvalue weighted by Gasteiger charge is 2.17. The molecule has 0 radical (unpaired) electrons.